The monoisotopic (exact) mass is 468 g/mol. The molecule has 176 valence electrons. The van der Waals surface area contributed by atoms with Crippen molar-refractivity contribution in [1.29, 1.82) is 0 Å². The predicted octanol–water partition coefficient (Wildman–Crippen LogP) is 2.20. The summed E-state index contributed by atoms with van der Waals surface area (Å²) in [4.78, 5) is 40.6. The molecule has 10 heteroatoms. The van der Waals surface area contributed by atoms with Gasteiger partial charge in [0, 0.05) is 37.8 Å². The number of amides is 2. The van der Waals surface area contributed by atoms with Crippen molar-refractivity contribution in [2.75, 3.05) is 32.8 Å². The summed E-state index contributed by atoms with van der Waals surface area (Å²) in [6.45, 7) is 1.32. The van der Waals surface area contributed by atoms with Gasteiger partial charge in [0.25, 0.3) is 17.4 Å². The van der Waals surface area contributed by atoms with E-state index in [4.69, 9.17) is 4.74 Å². The number of halogens is 2. The number of rotatable bonds is 6. The number of hydrogen-bond donors (Lipinski definition) is 0. The Balaban J connectivity index is 1.35. The van der Waals surface area contributed by atoms with E-state index in [0.717, 1.165) is 12.1 Å². The van der Waals surface area contributed by atoms with E-state index in [1.54, 1.807) is 12.1 Å². The second-order valence-electron chi connectivity index (χ2n) is 7.65. The molecule has 3 aromatic rings. The highest BCUT2D eigenvalue weighted by Crippen LogP contribution is 2.14. The normalized spacial score (nSPS) is 13.6. The van der Waals surface area contributed by atoms with E-state index in [1.165, 1.54) is 32.7 Å². The van der Waals surface area contributed by atoms with Gasteiger partial charge in [-0.3, -0.25) is 14.4 Å². The second kappa shape index (κ2) is 10.2. The first kappa shape index (κ1) is 23.1. The zero-order valence-electron chi connectivity index (χ0n) is 18.2. The molecule has 0 unspecified atom stereocenters. The summed E-state index contributed by atoms with van der Waals surface area (Å²) in [6.07, 6.45) is 0. The molecule has 1 aromatic heterocycles. The second-order valence-corrected chi connectivity index (χ2v) is 7.65. The van der Waals surface area contributed by atoms with Gasteiger partial charge in [-0.15, -0.1) is 0 Å². The number of carbonyl (C=O) groups excluding carboxylic acids is 2. The van der Waals surface area contributed by atoms with Crippen LogP contribution in [0.4, 0.5) is 8.78 Å². The van der Waals surface area contributed by atoms with E-state index < -0.39 is 17.5 Å². The molecular formula is C24H22F2N4O4. The van der Waals surface area contributed by atoms with E-state index in [2.05, 4.69) is 5.10 Å². The van der Waals surface area contributed by atoms with Crippen LogP contribution in [0.25, 0.3) is 0 Å². The molecule has 0 saturated carbocycles. The third kappa shape index (κ3) is 5.28. The quantitative estimate of drug-likeness (QED) is 0.554. The van der Waals surface area contributed by atoms with E-state index in [1.807, 2.05) is 18.2 Å². The van der Waals surface area contributed by atoms with E-state index in [-0.39, 0.29) is 62.1 Å². The van der Waals surface area contributed by atoms with Crippen molar-refractivity contribution in [3.8, 4) is 5.75 Å². The van der Waals surface area contributed by atoms with Gasteiger partial charge in [-0.25, -0.2) is 13.5 Å². The molecule has 0 bridgehead atoms. The summed E-state index contributed by atoms with van der Waals surface area (Å²) >= 11 is 0. The molecule has 0 N–H and O–H groups in total. The van der Waals surface area contributed by atoms with Crippen LogP contribution in [0, 0.1) is 11.6 Å². The number of benzene rings is 2. The summed E-state index contributed by atoms with van der Waals surface area (Å²) in [5, 5.41) is 4.17. The largest absolute Gasteiger partial charge is 0.492 e. The molecule has 8 nitrogen and oxygen atoms in total. The smallest absolute Gasteiger partial charge is 0.274 e. The molecule has 2 amide bonds. The lowest BCUT2D eigenvalue weighted by Gasteiger charge is -2.34. The van der Waals surface area contributed by atoms with Crippen LogP contribution in [-0.2, 0) is 6.54 Å². The van der Waals surface area contributed by atoms with Gasteiger partial charge in [0.1, 0.15) is 18.1 Å². The number of para-hydroxylation sites is 1. The van der Waals surface area contributed by atoms with E-state index in [9.17, 15) is 23.2 Å². The number of carbonyl (C=O) groups is 2. The maximum atomic E-state index is 13.4. The van der Waals surface area contributed by atoms with Gasteiger partial charge >= 0.3 is 0 Å². The summed E-state index contributed by atoms with van der Waals surface area (Å²) in [5.41, 5.74) is -0.194. The summed E-state index contributed by atoms with van der Waals surface area (Å²) in [6, 6.07) is 14.8. The summed E-state index contributed by atoms with van der Waals surface area (Å²) < 4.78 is 33.3. The number of hydrogen-bond acceptors (Lipinski definition) is 5. The Morgan fingerprint density at radius 2 is 1.53 bits per heavy atom. The molecule has 2 heterocycles. The highest BCUT2D eigenvalue weighted by Gasteiger charge is 2.27. The fourth-order valence-electron chi connectivity index (χ4n) is 3.58. The Morgan fingerprint density at radius 1 is 0.853 bits per heavy atom. The highest BCUT2D eigenvalue weighted by atomic mass is 19.2. The first-order chi connectivity index (χ1) is 16.4. The first-order valence-corrected chi connectivity index (χ1v) is 10.7. The van der Waals surface area contributed by atoms with E-state index >= 15 is 0 Å². The minimum atomic E-state index is -1.09. The van der Waals surface area contributed by atoms with Gasteiger partial charge in [0.2, 0.25) is 0 Å². The molecular weight excluding hydrogens is 446 g/mol. The van der Waals surface area contributed by atoms with Gasteiger partial charge in [-0.1, -0.05) is 18.2 Å². The third-order valence-electron chi connectivity index (χ3n) is 5.42. The van der Waals surface area contributed by atoms with Gasteiger partial charge in [-0.05, 0) is 36.4 Å². The average Bonchev–Trinajstić information content (AvgIpc) is 2.87. The van der Waals surface area contributed by atoms with Crippen LogP contribution in [0.3, 0.4) is 0 Å². The van der Waals surface area contributed by atoms with Crippen molar-refractivity contribution in [3.05, 3.63) is 93.9 Å². The maximum Gasteiger partial charge on any atom is 0.274 e. The Kier molecular flexibility index (Phi) is 6.95. The standard InChI is InChI=1S/C24H22F2N4O4/c25-19-7-6-17(16-20(19)26)23(32)28-10-12-29(13-11-28)24(33)21-8-9-22(31)30(27-21)14-15-34-18-4-2-1-3-5-18/h1-9,16H,10-15H2. The molecule has 2 aromatic carbocycles. The lowest BCUT2D eigenvalue weighted by atomic mass is 10.1. The van der Waals surface area contributed by atoms with Crippen molar-refractivity contribution in [2.24, 2.45) is 0 Å². The third-order valence-corrected chi connectivity index (χ3v) is 5.42. The van der Waals surface area contributed by atoms with Gasteiger partial charge < -0.3 is 14.5 Å². The zero-order chi connectivity index (χ0) is 24.1. The van der Waals surface area contributed by atoms with Gasteiger partial charge in [-0.2, -0.15) is 5.10 Å². The topological polar surface area (TPSA) is 84.7 Å². The molecule has 1 aliphatic heterocycles. The van der Waals surface area contributed by atoms with Crippen molar-refractivity contribution in [3.63, 3.8) is 0 Å². The van der Waals surface area contributed by atoms with Crippen molar-refractivity contribution in [2.45, 2.75) is 6.54 Å². The number of nitrogens with zero attached hydrogens (tertiary/aromatic N) is 4. The number of piperazine rings is 1. The minimum absolute atomic E-state index is 0.0464. The lowest BCUT2D eigenvalue weighted by Crippen LogP contribution is -2.51. The van der Waals surface area contributed by atoms with Crippen LogP contribution >= 0.6 is 0 Å². The van der Waals surface area contributed by atoms with E-state index in [0.29, 0.717) is 5.75 Å². The van der Waals surface area contributed by atoms with Crippen LogP contribution in [0.1, 0.15) is 20.8 Å². The molecule has 4 rings (SSSR count). The fourth-order valence-corrected chi connectivity index (χ4v) is 3.58. The van der Waals surface area contributed by atoms with Gasteiger partial charge in [0.05, 0.1) is 6.54 Å². The molecule has 1 saturated heterocycles. The average molecular weight is 468 g/mol. The Hall–Kier alpha value is -4.08. The first-order valence-electron chi connectivity index (χ1n) is 10.7. The molecule has 1 aliphatic rings. The SMILES string of the molecule is O=C(c1ccc(F)c(F)c1)N1CCN(C(=O)c2ccc(=O)n(CCOc3ccccc3)n2)CC1. The van der Waals surface area contributed by atoms with Crippen LogP contribution in [0.2, 0.25) is 0 Å². The molecule has 0 radical (unpaired) electrons. The Bertz CT molecular complexity index is 1240. The zero-order valence-corrected chi connectivity index (χ0v) is 18.2. The Labute approximate surface area is 194 Å². The van der Waals surface area contributed by atoms with Crippen molar-refractivity contribution in [1.82, 2.24) is 19.6 Å². The van der Waals surface area contributed by atoms with Crippen molar-refractivity contribution < 1.29 is 23.1 Å². The summed E-state index contributed by atoms with van der Waals surface area (Å²) in [7, 11) is 0. The maximum absolute atomic E-state index is 13.4. The molecule has 0 spiro atoms. The summed E-state index contributed by atoms with van der Waals surface area (Å²) in [5.74, 6) is -2.24. The molecule has 1 fully saturated rings. The van der Waals surface area contributed by atoms with Gasteiger partial charge in [0.15, 0.2) is 11.6 Å². The van der Waals surface area contributed by atoms with Crippen LogP contribution in [0.5, 0.6) is 5.75 Å². The fraction of sp³-hybridized carbons (Fsp3) is 0.250. The van der Waals surface area contributed by atoms with Crippen LogP contribution in [0.15, 0.2) is 65.5 Å². The molecule has 34 heavy (non-hydrogen) atoms. The molecule has 0 aliphatic carbocycles. The number of ether oxygens (including phenoxy) is 1. The molecule has 0 atom stereocenters. The predicted molar refractivity (Wildman–Crippen MR) is 119 cm³/mol. The number of aromatic nitrogens is 2. The minimum Gasteiger partial charge on any atom is -0.492 e. The van der Waals surface area contributed by atoms with Crippen LogP contribution < -0.4 is 10.3 Å². The lowest BCUT2D eigenvalue weighted by molar-refractivity contribution is 0.0530. The Morgan fingerprint density at radius 3 is 2.21 bits per heavy atom. The van der Waals surface area contributed by atoms with Crippen LogP contribution in [-0.4, -0.2) is 64.2 Å². The highest BCUT2D eigenvalue weighted by molar-refractivity contribution is 5.95. The van der Waals surface area contributed by atoms with Crippen molar-refractivity contribution >= 4 is 11.8 Å².